The Bertz CT molecular complexity index is 557. The van der Waals surface area contributed by atoms with Gasteiger partial charge in [-0.05, 0) is 61.3 Å². The number of halogens is 1. The zero-order chi connectivity index (χ0) is 14.6. The molecule has 0 bridgehead atoms. The number of sulfonamides is 1. The molecule has 112 valence electrons. The number of alkyl halides is 1. The summed E-state index contributed by atoms with van der Waals surface area (Å²) in [5, 5.41) is 0. The highest BCUT2D eigenvalue weighted by atomic mass is 35.5. The smallest absolute Gasteiger partial charge is 0.211 e. The van der Waals surface area contributed by atoms with Gasteiger partial charge in [0.15, 0.2) is 0 Å². The zero-order valence-corrected chi connectivity index (χ0v) is 13.4. The molecule has 1 aromatic rings. The van der Waals surface area contributed by atoms with Crippen molar-refractivity contribution in [2.24, 2.45) is 5.92 Å². The molecule has 0 fully saturated rings. The van der Waals surface area contributed by atoms with Gasteiger partial charge in [0.05, 0.1) is 4.90 Å². The molecule has 0 saturated heterocycles. The summed E-state index contributed by atoms with van der Waals surface area (Å²) >= 11 is 5.73. The molecule has 2 rings (SSSR count). The Kier molecular flexibility index (Phi) is 5.47. The fourth-order valence-electron chi connectivity index (χ4n) is 2.53. The maximum Gasteiger partial charge on any atom is 0.240 e. The Morgan fingerprint density at radius 3 is 2.80 bits per heavy atom. The van der Waals surface area contributed by atoms with Gasteiger partial charge in [0, 0.05) is 12.4 Å². The first-order chi connectivity index (χ1) is 9.53. The summed E-state index contributed by atoms with van der Waals surface area (Å²) in [6, 6.07) is 5.49. The highest BCUT2D eigenvalue weighted by molar-refractivity contribution is 7.89. The lowest BCUT2D eigenvalue weighted by molar-refractivity contribution is 0.543. The van der Waals surface area contributed by atoms with Crippen LogP contribution in [-0.4, -0.2) is 20.8 Å². The molecule has 1 aliphatic carbocycles. The van der Waals surface area contributed by atoms with Crippen molar-refractivity contribution in [3.8, 4) is 0 Å². The van der Waals surface area contributed by atoms with E-state index in [9.17, 15) is 8.42 Å². The number of rotatable bonds is 7. The third kappa shape index (κ3) is 3.96. The average Bonchev–Trinajstić information content (AvgIpc) is 2.90. The third-order valence-corrected chi connectivity index (χ3v) is 5.79. The first kappa shape index (κ1) is 15.8. The second kappa shape index (κ2) is 6.92. The fraction of sp³-hybridized carbons (Fsp3) is 0.600. The lowest BCUT2D eigenvalue weighted by Gasteiger charge is -2.10. The fourth-order valence-corrected chi connectivity index (χ4v) is 3.81. The standard InChI is InChI=1S/C15H22ClNO2S/c1-12(11-16)4-3-9-17-20(18,19)15-8-7-13-5-2-6-14(13)10-15/h7-8,10,12,17H,2-6,9,11H2,1H3. The molecule has 0 heterocycles. The van der Waals surface area contributed by atoms with Crippen LogP contribution in [0.15, 0.2) is 23.1 Å². The molecular formula is C15H22ClNO2S. The van der Waals surface area contributed by atoms with Crippen molar-refractivity contribution in [2.75, 3.05) is 12.4 Å². The van der Waals surface area contributed by atoms with E-state index in [1.54, 1.807) is 6.07 Å². The Balaban J connectivity index is 1.93. The van der Waals surface area contributed by atoms with E-state index < -0.39 is 10.0 Å². The number of hydrogen-bond acceptors (Lipinski definition) is 2. The quantitative estimate of drug-likeness (QED) is 0.621. The van der Waals surface area contributed by atoms with Crippen LogP contribution in [0.4, 0.5) is 0 Å². The van der Waals surface area contributed by atoms with Crippen LogP contribution in [-0.2, 0) is 22.9 Å². The zero-order valence-electron chi connectivity index (χ0n) is 11.9. The summed E-state index contributed by atoms with van der Waals surface area (Å²) in [4.78, 5) is 0.392. The third-order valence-electron chi connectivity index (χ3n) is 3.81. The van der Waals surface area contributed by atoms with E-state index in [4.69, 9.17) is 11.6 Å². The predicted octanol–water partition coefficient (Wildman–Crippen LogP) is 3.11. The average molecular weight is 316 g/mol. The van der Waals surface area contributed by atoms with E-state index in [-0.39, 0.29) is 0 Å². The predicted molar refractivity (Wildman–Crippen MR) is 82.8 cm³/mol. The van der Waals surface area contributed by atoms with E-state index in [2.05, 4.69) is 11.6 Å². The number of hydrogen-bond donors (Lipinski definition) is 1. The summed E-state index contributed by atoms with van der Waals surface area (Å²) in [5.41, 5.74) is 2.48. The van der Waals surface area contributed by atoms with Gasteiger partial charge in [-0.25, -0.2) is 13.1 Å². The lowest BCUT2D eigenvalue weighted by Crippen LogP contribution is -2.25. The molecule has 1 N–H and O–H groups in total. The van der Waals surface area contributed by atoms with Crippen LogP contribution in [0.5, 0.6) is 0 Å². The summed E-state index contributed by atoms with van der Waals surface area (Å²) in [6.45, 7) is 2.54. The molecule has 0 spiro atoms. The van der Waals surface area contributed by atoms with Crippen molar-refractivity contribution in [1.29, 1.82) is 0 Å². The number of fused-ring (bicyclic) bond motifs is 1. The van der Waals surface area contributed by atoms with Gasteiger partial charge in [0.25, 0.3) is 0 Å². The molecule has 1 atom stereocenters. The highest BCUT2D eigenvalue weighted by Crippen LogP contribution is 2.24. The molecule has 0 saturated carbocycles. The summed E-state index contributed by atoms with van der Waals surface area (Å²) in [6.07, 6.45) is 4.95. The van der Waals surface area contributed by atoms with Crippen LogP contribution in [0.3, 0.4) is 0 Å². The van der Waals surface area contributed by atoms with Crippen LogP contribution >= 0.6 is 11.6 Å². The van der Waals surface area contributed by atoms with Crippen LogP contribution in [0, 0.1) is 5.92 Å². The van der Waals surface area contributed by atoms with Gasteiger partial charge in [-0.15, -0.1) is 11.6 Å². The van der Waals surface area contributed by atoms with E-state index >= 15 is 0 Å². The summed E-state index contributed by atoms with van der Waals surface area (Å²) < 4.78 is 27.1. The van der Waals surface area contributed by atoms with Crippen molar-refractivity contribution in [1.82, 2.24) is 4.72 Å². The maximum absolute atomic E-state index is 12.2. The highest BCUT2D eigenvalue weighted by Gasteiger charge is 2.17. The minimum Gasteiger partial charge on any atom is -0.211 e. The van der Waals surface area contributed by atoms with Crippen LogP contribution in [0.1, 0.15) is 37.3 Å². The number of benzene rings is 1. The van der Waals surface area contributed by atoms with Crippen molar-refractivity contribution >= 4 is 21.6 Å². The molecule has 20 heavy (non-hydrogen) atoms. The topological polar surface area (TPSA) is 46.2 Å². The minimum absolute atomic E-state index is 0.392. The normalized spacial score (nSPS) is 16.1. The van der Waals surface area contributed by atoms with Gasteiger partial charge < -0.3 is 0 Å². The molecule has 1 unspecified atom stereocenters. The van der Waals surface area contributed by atoms with Crippen LogP contribution < -0.4 is 4.72 Å². The van der Waals surface area contributed by atoms with Crippen LogP contribution in [0.2, 0.25) is 0 Å². The largest absolute Gasteiger partial charge is 0.240 e. The SMILES string of the molecule is CC(CCl)CCCNS(=O)(=O)c1ccc2c(c1)CCC2. The molecule has 0 aliphatic heterocycles. The minimum atomic E-state index is -3.37. The van der Waals surface area contributed by atoms with Crippen molar-refractivity contribution in [2.45, 2.75) is 43.9 Å². The molecule has 0 radical (unpaired) electrons. The second-order valence-corrected chi connectivity index (χ2v) is 7.66. The Hall–Kier alpha value is -0.580. The van der Waals surface area contributed by atoms with E-state index in [1.165, 1.54) is 11.1 Å². The first-order valence-electron chi connectivity index (χ1n) is 7.20. The molecular weight excluding hydrogens is 294 g/mol. The number of aryl methyl sites for hydroxylation is 2. The van der Waals surface area contributed by atoms with Gasteiger partial charge in [0.2, 0.25) is 10.0 Å². The first-order valence-corrected chi connectivity index (χ1v) is 9.22. The number of nitrogens with one attached hydrogen (secondary N) is 1. The van der Waals surface area contributed by atoms with Gasteiger partial charge in [0.1, 0.15) is 0 Å². The van der Waals surface area contributed by atoms with Gasteiger partial charge in [-0.1, -0.05) is 13.0 Å². The molecule has 1 aliphatic rings. The Labute approximate surface area is 126 Å². The van der Waals surface area contributed by atoms with Crippen molar-refractivity contribution in [3.05, 3.63) is 29.3 Å². The molecule has 3 nitrogen and oxygen atoms in total. The summed E-state index contributed by atoms with van der Waals surface area (Å²) in [7, 11) is -3.37. The Morgan fingerprint density at radius 2 is 2.05 bits per heavy atom. The van der Waals surface area contributed by atoms with E-state index in [0.717, 1.165) is 32.1 Å². The lowest BCUT2D eigenvalue weighted by atomic mass is 10.1. The maximum atomic E-state index is 12.2. The van der Waals surface area contributed by atoms with E-state index in [0.29, 0.717) is 23.2 Å². The van der Waals surface area contributed by atoms with Crippen molar-refractivity contribution < 1.29 is 8.42 Å². The second-order valence-electron chi connectivity index (χ2n) is 5.58. The monoisotopic (exact) mass is 315 g/mol. The molecule has 1 aromatic carbocycles. The molecule has 0 aromatic heterocycles. The van der Waals surface area contributed by atoms with Crippen LogP contribution in [0.25, 0.3) is 0 Å². The van der Waals surface area contributed by atoms with Gasteiger partial charge >= 0.3 is 0 Å². The molecule has 0 amide bonds. The molecule has 5 heteroatoms. The van der Waals surface area contributed by atoms with Gasteiger partial charge in [-0.3, -0.25) is 0 Å². The van der Waals surface area contributed by atoms with Gasteiger partial charge in [-0.2, -0.15) is 0 Å². The van der Waals surface area contributed by atoms with E-state index in [1.807, 2.05) is 12.1 Å². The van der Waals surface area contributed by atoms with Crippen molar-refractivity contribution in [3.63, 3.8) is 0 Å². The Morgan fingerprint density at radius 1 is 1.30 bits per heavy atom. The summed E-state index contributed by atoms with van der Waals surface area (Å²) in [5.74, 6) is 1.05.